The Hall–Kier alpha value is -5.30. The summed E-state index contributed by atoms with van der Waals surface area (Å²) in [6.45, 7) is 0.864. The predicted molar refractivity (Wildman–Crippen MR) is 190 cm³/mol. The fraction of sp³-hybridized carbons (Fsp3) is 0.436. The third-order valence-corrected chi connectivity index (χ3v) is 8.19. The number of aromatic carboxylic acids is 4. The summed E-state index contributed by atoms with van der Waals surface area (Å²) < 4.78 is 22.7. The largest absolute Gasteiger partial charge is 0.493 e. The van der Waals surface area contributed by atoms with Crippen LogP contribution in [0.3, 0.4) is 0 Å². The van der Waals surface area contributed by atoms with Gasteiger partial charge in [-0.05, 0) is 55.5 Å². The fourth-order valence-corrected chi connectivity index (χ4v) is 5.38. The Morgan fingerprint density at radius 2 is 0.731 bits per heavy atom. The fourth-order valence-electron chi connectivity index (χ4n) is 5.38. The van der Waals surface area contributed by atoms with E-state index < -0.39 is 23.9 Å². The zero-order chi connectivity index (χ0) is 37.7. The molecule has 0 heterocycles. The maximum Gasteiger partial charge on any atom is 0.339 e. The second-order valence-electron chi connectivity index (χ2n) is 12.2. The van der Waals surface area contributed by atoms with Crippen molar-refractivity contribution in [1.29, 1.82) is 0 Å². The summed E-state index contributed by atoms with van der Waals surface area (Å²) >= 11 is 0. The van der Waals surface area contributed by atoms with E-state index in [1.807, 2.05) is 30.3 Å². The molecule has 3 rings (SSSR count). The topological polar surface area (TPSA) is 206 Å². The first kappa shape index (κ1) is 41.1. The summed E-state index contributed by atoms with van der Waals surface area (Å²) in [6, 6.07) is 13.8. The maximum atomic E-state index is 11.9. The van der Waals surface area contributed by atoms with Crippen molar-refractivity contribution >= 4 is 23.9 Å². The highest BCUT2D eigenvalue weighted by atomic mass is 16.5. The van der Waals surface area contributed by atoms with Gasteiger partial charge in [-0.15, -0.1) is 0 Å². The maximum absolute atomic E-state index is 11.9. The highest BCUT2D eigenvalue weighted by Crippen LogP contribution is 2.32. The lowest BCUT2D eigenvalue weighted by atomic mass is 10.1. The van der Waals surface area contributed by atoms with Gasteiger partial charge in [0.1, 0.15) is 51.9 Å². The van der Waals surface area contributed by atoms with Gasteiger partial charge >= 0.3 is 23.9 Å². The van der Waals surface area contributed by atoms with Gasteiger partial charge in [0.25, 0.3) is 0 Å². The van der Waals surface area contributed by atoms with Crippen LogP contribution in [0, 0.1) is 0 Å². The lowest BCUT2D eigenvalue weighted by molar-refractivity contribution is 0.0672. The molecule has 0 saturated carbocycles. The average molecular weight is 725 g/mol. The number of unbranched alkanes of at least 4 members (excludes halogenated alkanes) is 10. The molecule has 52 heavy (non-hydrogen) atoms. The minimum atomic E-state index is -1.27. The molecule has 0 atom stereocenters. The summed E-state index contributed by atoms with van der Waals surface area (Å²) in [4.78, 5) is 47.7. The normalized spacial score (nSPS) is 10.8. The number of aliphatic hydroxyl groups is 1. The molecule has 282 valence electrons. The number of aliphatic hydroxyl groups excluding tert-OH is 1. The molecule has 0 saturated heterocycles. The molecule has 0 radical (unpaired) electrons. The molecule has 13 heteroatoms. The van der Waals surface area contributed by atoms with Crippen LogP contribution in [0.15, 0.2) is 54.6 Å². The van der Waals surface area contributed by atoms with Gasteiger partial charge in [0.05, 0.1) is 19.8 Å². The molecule has 0 fully saturated rings. The van der Waals surface area contributed by atoms with Crippen LogP contribution in [0.25, 0.3) is 0 Å². The number of carboxylic acids is 4. The third kappa shape index (κ3) is 13.8. The molecule has 0 aliphatic carbocycles. The number of rotatable bonds is 27. The van der Waals surface area contributed by atoms with E-state index in [0.717, 1.165) is 63.4 Å². The van der Waals surface area contributed by atoms with Gasteiger partial charge in [0.15, 0.2) is 0 Å². The van der Waals surface area contributed by atoms with Crippen molar-refractivity contribution in [2.75, 3.05) is 26.4 Å². The molecule has 3 aromatic rings. The molecule has 0 amide bonds. The van der Waals surface area contributed by atoms with Crippen molar-refractivity contribution in [3.8, 4) is 23.0 Å². The Morgan fingerprint density at radius 1 is 0.423 bits per heavy atom. The van der Waals surface area contributed by atoms with Crippen molar-refractivity contribution in [3.63, 3.8) is 0 Å². The van der Waals surface area contributed by atoms with Crippen molar-refractivity contribution in [2.24, 2.45) is 0 Å². The monoisotopic (exact) mass is 724 g/mol. The molecule has 0 spiro atoms. The van der Waals surface area contributed by atoms with Gasteiger partial charge in [-0.2, -0.15) is 0 Å². The predicted octanol–water partition coefficient (Wildman–Crippen LogP) is 7.57. The Bertz CT molecular complexity index is 1600. The van der Waals surface area contributed by atoms with E-state index in [0.29, 0.717) is 19.3 Å². The van der Waals surface area contributed by atoms with Gasteiger partial charge in [-0.3, -0.25) is 0 Å². The van der Waals surface area contributed by atoms with Crippen molar-refractivity contribution in [2.45, 2.75) is 83.7 Å². The molecule has 0 aromatic heterocycles. The van der Waals surface area contributed by atoms with E-state index in [1.165, 1.54) is 24.3 Å². The standard InChI is InChI=1S/C39H48O13/c40-18-12-5-1-2-6-13-19-49-32-22-29(37(43)44)33(23-28(32)36(41)42)50-20-14-7-3-4-8-15-21-51-34-24-31(39(47)48)35(25-30(34)38(45)46)52-26-27-16-10-9-11-17-27/h9-11,16-17,22-25,40H,1-8,12-15,18-21,26H2,(H,41,42)(H,43,44)(H,45,46)(H,47,48). The number of hydrogen-bond donors (Lipinski definition) is 5. The Morgan fingerprint density at radius 3 is 1.06 bits per heavy atom. The van der Waals surface area contributed by atoms with Gasteiger partial charge in [0.2, 0.25) is 0 Å². The zero-order valence-corrected chi connectivity index (χ0v) is 29.2. The zero-order valence-electron chi connectivity index (χ0n) is 29.2. The lowest BCUT2D eigenvalue weighted by Crippen LogP contribution is -2.10. The first-order valence-electron chi connectivity index (χ1n) is 17.6. The molecular weight excluding hydrogens is 676 g/mol. The molecular formula is C39H48O13. The van der Waals surface area contributed by atoms with Crippen LogP contribution in [0.4, 0.5) is 0 Å². The molecule has 0 unspecified atom stereocenters. The van der Waals surface area contributed by atoms with Crippen LogP contribution in [-0.4, -0.2) is 75.8 Å². The first-order chi connectivity index (χ1) is 25.1. The van der Waals surface area contributed by atoms with Crippen LogP contribution in [0.2, 0.25) is 0 Å². The SMILES string of the molecule is O=C(O)c1cc(OCCCCCCCCOc2cc(C(=O)O)c(OCc3ccccc3)cc2C(=O)O)c(C(=O)O)cc1OCCCCCCCCO. The van der Waals surface area contributed by atoms with Crippen LogP contribution < -0.4 is 18.9 Å². The lowest BCUT2D eigenvalue weighted by Gasteiger charge is -2.15. The Balaban J connectivity index is 1.41. The van der Waals surface area contributed by atoms with E-state index in [9.17, 15) is 39.6 Å². The molecule has 3 aromatic carbocycles. The summed E-state index contributed by atoms with van der Waals surface area (Å²) in [5.74, 6) is -5.24. The van der Waals surface area contributed by atoms with E-state index in [4.69, 9.17) is 24.1 Å². The summed E-state index contributed by atoms with van der Waals surface area (Å²) in [6.07, 6.45) is 9.63. The third-order valence-electron chi connectivity index (χ3n) is 8.19. The van der Waals surface area contributed by atoms with Crippen molar-refractivity contribution in [3.05, 3.63) is 82.4 Å². The van der Waals surface area contributed by atoms with Crippen LogP contribution in [0.5, 0.6) is 23.0 Å². The smallest absolute Gasteiger partial charge is 0.339 e. The first-order valence-corrected chi connectivity index (χ1v) is 17.6. The van der Waals surface area contributed by atoms with Crippen molar-refractivity contribution < 1.29 is 63.7 Å². The molecule has 5 N–H and O–H groups in total. The molecule has 0 aliphatic rings. The van der Waals surface area contributed by atoms with E-state index in [1.54, 1.807) is 0 Å². The Kier molecular flexibility index (Phi) is 17.8. The van der Waals surface area contributed by atoms with E-state index in [2.05, 4.69) is 0 Å². The number of hydrogen-bond acceptors (Lipinski definition) is 9. The minimum Gasteiger partial charge on any atom is -0.493 e. The highest BCUT2D eigenvalue weighted by Gasteiger charge is 2.22. The Labute approximate surface area is 302 Å². The van der Waals surface area contributed by atoms with Crippen LogP contribution in [0.1, 0.15) is 124 Å². The van der Waals surface area contributed by atoms with Crippen LogP contribution >= 0.6 is 0 Å². The van der Waals surface area contributed by atoms with E-state index >= 15 is 0 Å². The van der Waals surface area contributed by atoms with E-state index in [-0.39, 0.29) is 78.3 Å². The van der Waals surface area contributed by atoms with Crippen LogP contribution in [-0.2, 0) is 6.61 Å². The summed E-state index contributed by atoms with van der Waals surface area (Å²) in [5, 5.41) is 47.7. The second kappa shape index (κ2) is 22.5. The molecule has 0 bridgehead atoms. The van der Waals surface area contributed by atoms with Crippen molar-refractivity contribution in [1.82, 2.24) is 0 Å². The van der Waals surface area contributed by atoms with Gasteiger partial charge in [-0.25, -0.2) is 19.2 Å². The van der Waals surface area contributed by atoms with Gasteiger partial charge in [-0.1, -0.05) is 81.7 Å². The van der Waals surface area contributed by atoms with Gasteiger partial charge < -0.3 is 44.5 Å². The summed E-state index contributed by atoms with van der Waals surface area (Å²) in [7, 11) is 0. The number of carboxylic acid groups (broad SMARTS) is 4. The number of ether oxygens (including phenoxy) is 4. The molecule has 0 aliphatic heterocycles. The number of carbonyl (C=O) groups is 4. The average Bonchev–Trinajstić information content (AvgIpc) is 3.12. The number of benzene rings is 3. The second-order valence-corrected chi connectivity index (χ2v) is 12.2. The molecule has 13 nitrogen and oxygen atoms in total. The highest BCUT2D eigenvalue weighted by molar-refractivity contribution is 5.98. The van der Waals surface area contributed by atoms with Gasteiger partial charge in [0, 0.05) is 6.61 Å². The quantitative estimate of drug-likeness (QED) is 0.0482. The minimum absolute atomic E-state index is 0.0205. The summed E-state index contributed by atoms with van der Waals surface area (Å²) in [5.41, 5.74) is 0.0382.